The molecule has 0 spiro atoms. The molecule has 0 unspecified atom stereocenters. The monoisotopic (exact) mass is 345 g/mol. The van der Waals surface area contributed by atoms with E-state index in [1.54, 1.807) is 11.3 Å². The standard InChI is InChI=1S/C18H27N5S/c1-3-16-13-22-17(24-16)14-23-18(19-4-2)21-12-8-11-20-15-9-6-5-7-10-15/h5-7,9-10,13,20H,3-4,8,11-12,14H2,1-2H3,(H2,19,21,23). The third-order valence-corrected chi connectivity index (χ3v) is 4.54. The second-order valence-corrected chi connectivity index (χ2v) is 6.54. The van der Waals surface area contributed by atoms with E-state index >= 15 is 0 Å². The fraction of sp³-hybridized carbons (Fsp3) is 0.444. The van der Waals surface area contributed by atoms with Gasteiger partial charge in [0, 0.05) is 36.4 Å². The number of guanidine groups is 1. The Hall–Kier alpha value is -2.08. The largest absolute Gasteiger partial charge is 0.385 e. The van der Waals surface area contributed by atoms with Crippen molar-refractivity contribution in [2.75, 3.05) is 25.0 Å². The molecule has 0 bridgehead atoms. The maximum atomic E-state index is 4.61. The molecule has 0 radical (unpaired) electrons. The Labute approximate surface area is 148 Å². The summed E-state index contributed by atoms with van der Waals surface area (Å²) in [5.41, 5.74) is 1.16. The van der Waals surface area contributed by atoms with E-state index in [-0.39, 0.29) is 0 Å². The van der Waals surface area contributed by atoms with Gasteiger partial charge in [-0.2, -0.15) is 0 Å². The minimum absolute atomic E-state index is 0.627. The van der Waals surface area contributed by atoms with E-state index in [0.29, 0.717) is 6.54 Å². The second kappa shape index (κ2) is 10.6. The summed E-state index contributed by atoms with van der Waals surface area (Å²) < 4.78 is 0. The summed E-state index contributed by atoms with van der Waals surface area (Å²) >= 11 is 1.74. The van der Waals surface area contributed by atoms with Crippen molar-refractivity contribution < 1.29 is 0 Å². The average Bonchev–Trinajstić information content (AvgIpc) is 3.08. The number of anilines is 1. The summed E-state index contributed by atoms with van der Waals surface area (Å²) in [6.07, 6.45) is 4.01. The maximum absolute atomic E-state index is 4.61. The highest BCUT2D eigenvalue weighted by atomic mass is 32.1. The van der Waals surface area contributed by atoms with Crippen LogP contribution in [0.5, 0.6) is 0 Å². The Bertz CT molecular complexity index is 609. The topological polar surface area (TPSA) is 61.3 Å². The molecule has 0 aliphatic heterocycles. The Morgan fingerprint density at radius 2 is 1.96 bits per heavy atom. The summed E-state index contributed by atoms with van der Waals surface area (Å²) in [6.45, 7) is 7.52. The molecule has 1 aromatic carbocycles. The molecule has 1 heterocycles. The number of benzene rings is 1. The van der Waals surface area contributed by atoms with E-state index in [4.69, 9.17) is 0 Å². The van der Waals surface area contributed by atoms with Gasteiger partial charge in [-0.3, -0.25) is 0 Å². The van der Waals surface area contributed by atoms with Crippen molar-refractivity contribution in [3.8, 4) is 0 Å². The van der Waals surface area contributed by atoms with E-state index in [0.717, 1.165) is 49.1 Å². The van der Waals surface area contributed by atoms with Crippen molar-refractivity contribution in [3.05, 3.63) is 46.4 Å². The average molecular weight is 346 g/mol. The van der Waals surface area contributed by atoms with Gasteiger partial charge in [0.15, 0.2) is 5.96 Å². The number of aromatic nitrogens is 1. The molecule has 3 N–H and O–H groups in total. The van der Waals surface area contributed by atoms with Gasteiger partial charge in [-0.15, -0.1) is 11.3 Å². The molecule has 0 atom stereocenters. The molecule has 0 aliphatic rings. The highest BCUT2D eigenvalue weighted by molar-refractivity contribution is 7.11. The summed E-state index contributed by atoms with van der Waals surface area (Å²) in [7, 11) is 0. The lowest BCUT2D eigenvalue weighted by atomic mass is 10.3. The second-order valence-electron chi connectivity index (χ2n) is 5.34. The Morgan fingerprint density at radius 3 is 2.67 bits per heavy atom. The molecule has 1 aromatic heterocycles. The maximum Gasteiger partial charge on any atom is 0.191 e. The van der Waals surface area contributed by atoms with E-state index in [2.05, 4.69) is 51.9 Å². The van der Waals surface area contributed by atoms with Crippen LogP contribution in [0, 0.1) is 0 Å². The molecule has 0 amide bonds. The predicted molar refractivity (Wildman–Crippen MR) is 104 cm³/mol. The van der Waals surface area contributed by atoms with Gasteiger partial charge in [0.1, 0.15) is 5.01 Å². The molecule has 5 nitrogen and oxygen atoms in total. The lowest BCUT2D eigenvalue weighted by Crippen LogP contribution is -2.38. The first kappa shape index (κ1) is 18.3. The summed E-state index contributed by atoms with van der Waals surface area (Å²) in [6, 6.07) is 10.3. The van der Waals surface area contributed by atoms with Crippen molar-refractivity contribution >= 4 is 23.0 Å². The van der Waals surface area contributed by atoms with Gasteiger partial charge >= 0.3 is 0 Å². The van der Waals surface area contributed by atoms with Gasteiger partial charge in [-0.25, -0.2) is 9.98 Å². The first-order valence-corrected chi connectivity index (χ1v) is 9.38. The molecule has 2 aromatic rings. The fourth-order valence-corrected chi connectivity index (χ4v) is 2.94. The molecule has 6 heteroatoms. The normalized spacial score (nSPS) is 11.3. The number of hydrogen-bond donors (Lipinski definition) is 3. The molecule has 2 rings (SSSR count). The Kier molecular flexibility index (Phi) is 8.10. The van der Waals surface area contributed by atoms with Gasteiger partial charge in [0.25, 0.3) is 0 Å². The van der Waals surface area contributed by atoms with Gasteiger partial charge in [-0.05, 0) is 31.9 Å². The third kappa shape index (κ3) is 6.58. The minimum atomic E-state index is 0.627. The quantitative estimate of drug-likeness (QED) is 0.371. The van der Waals surface area contributed by atoms with E-state index in [1.807, 2.05) is 24.4 Å². The highest BCUT2D eigenvalue weighted by Crippen LogP contribution is 2.13. The van der Waals surface area contributed by atoms with Gasteiger partial charge in [0.2, 0.25) is 0 Å². The molecular weight excluding hydrogens is 318 g/mol. The van der Waals surface area contributed by atoms with Crippen molar-refractivity contribution in [1.82, 2.24) is 15.6 Å². The zero-order valence-electron chi connectivity index (χ0n) is 14.5. The predicted octanol–water partition coefficient (Wildman–Crippen LogP) is 3.26. The van der Waals surface area contributed by atoms with Crippen LogP contribution in [-0.2, 0) is 13.0 Å². The smallest absolute Gasteiger partial charge is 0.191 e. The zero-order chi connectivity index (χ0) is 17.0. The van der Waals surface area contributed by atoms with E-state index in [1.165, 1.54) is 4.88 Å². The van der Waals surface area contributed by atoms with Crippen molar-refractivity contribution in [1.29, 1.82) is 0 Å². The minimum Gasteiger partial charge on any atom is -0.385 e. The number of para-hydroxylation sites is 1. The van der Waals surface area contributed by atoms with Crippen LogP contribution < -0.4 is 16.0 Å². The number of rotatable bonds is 9. The SMILES string of the molecule is CCNC(=NCc1ncc(CC)s1)NCCCNc1ccccc1. The molecule has 130 valence electrons. The summed E-state index contributed by atoms with van der Waals surface area (Å²) in [5.74, 6) is 0.852. The molecule has 0 saturated heterocycles. The number of nitrogens with one attached hydrogen (secondary N) is 3. The van der Waals surface area contributed by atoms with E-state index < -0.39 is 0 Å². The van der Waals surface area contributed by atoms with Crippen molar-refractivity contribution in [2.24, 2.45) is 4.99 Å². The van der Waals surface area contributed by atoms with Crippen LogP contribution in [0.15, 0.2) is 41.5 Å². The third-order valence-electron chi connectivity index (χ3n) is 3.42. The molecule has 0 saturated carbocycles. The first-order valence-electron chi connectivity index (χ1n) is 8.56. The van der Waals surface area contributed by atoms with Crippen LogP contribution in [0.3, 0.4) is 0 Å². The van der Waals surface area contributed by atoms with Crippen LogP contribution in [-0.4, -0.2) is 30.6 Å². The zero-order valence-corrected chi connectivity index (χ0v) is 15.3. The Morgan fingerprint density at radius 1 is 1.12 bits per heavy atom. The molecule has 24 heavy (non-hydrogen) atoms. The highest BCUT2D eigenvalue weighted by Gasteiger charge is 2.01. The van der Waals surface area contributed by atoms with Crippen LogP contribution in [0.25, 0.3) is 0 Å². The number of hydrogen-bond acceptors (Lipinski definition) is 4. The number of aliphatic imine (C=N–C) groups is 1. The first-order chi connectivity index (χ1) is 11.8. The van der Waals surface area contributed by atoms with E-state index in [9.17, 15) is 0 Å². The summed E-state index contributed by atoms with van der Waals surface area (Å²) in [5, 5.41) is 11.1. The summed E-state index contributed by atoms with van der Waals surface area (Å²) in [4.78, 5) is 10.3. The molecular formula is C18H27N5S. The fourth-order valence-electron chi connectivity index (χ4n) is 2.16. The molecule has 0 aliphatic carbocycles. The van der Waals surface area contributed by atoms with Crippen LogP contribution >= 0.6 is 11.3 Å². The van der Waals surface area contributed by atoms with Gasteiger partial charge in [0.05, 0.1) is 6.54 Å². The Balaban J connectivity index is 1.71. The lowest BCUT2D eigenvalue weighted by molar-refractivity contribution is 0.764. The van der Waals surface area contributed by atoms with Crippen LogP contribution in [0.1, 0.15) is 30.2 Å². The van der Waals surface area contributed by atoms with Crippen LogP contribution in [0.2, 0.25) is 0 Å². The number of thiazole rings is 1. The van der Waals surface area contributed by atoms with Crippen molar-refractivity contribution in [3.63, 3.8) is 0 Å². The number of nitrogens with zero attached hydrogens (tertiary/aromatic N) is 2. The van der Waals surface area contributed by atoms with Crippen molar-refractivity contribution in [2.45, 2.75) is 33.2 Å². The van der Waals surface area contributed by atoms with Gasteiger partial charge in [-0.1, -0.05) is 25.1 Å². The molecule has 0 fully saturated rings. The van der Waals surface area contributed by atoms with Gasteiger partial charge < -0.3 is 16.0 Å². The van der Waals surface area contributed by atoms with Crippen LogP contribution in [0.4, 0.5) is 5.69 Å². The lowest BCUT2D eigenvalue weighted by Gasteiger charge is -2.11. The number of aryl methyl sites for hydroxylation is 1.